The van der Waals surface area contributed by atoms with Crippen LogP contribution in [-0.2, 0) is 16.1 Å². The Morgan fingerprint density at radius 1 is 1.10 bits per heavy atom. The number of carbonyl (C=O) groups excluding carboxylic acids is 2. The predicted molar refractivity (Wildman–Crippen MR) is 121 cm³/mol. The maximum Gasteiger partial charge on any atom is 0.261 e. The summed E-state index contributed by atoms with van der Waals surface area (Å²) in [6.45, 7) is 4.19. The van der Waals surface area contributed by atoms with Gasteiger partial charge in [0.2, 0.25) is 5.91 Å². The standard InChI is InChI=1S/C22H25Cl3N2O3/c1-3-4-11-26-22(29)15(2)27(13-16-7-5-6-8-18(16)24)21(28)14-30-20-10-9-17(23)12-19(20)25/h5-10,12,15H,3-4,11,13-14H2,1-2H3,(H,26,29)/t15-/m0/s1. The molecule has 0 saturated heterocycles. The average Bonchev–Trinajstić information content (AvgIpc) is 2.72. The number of nitrogens with one attached hydrogen (secondary N) is 1. The molecule has 2 rings (SSSR count). The summed E-state index contributed by atoms with van der Waals surface area (Å²) in [4.78, 5) is 27.0. The third kappa shape index (κ3) is 7.08. The van der Waals surface area contributed by atoms with Crippen LogP contribution in [0.3, 0.4) is 0 Å². The number of hydrogen-bond donors (Lipinski definition) is 1. The van der Waals surface area contributed by atoms with E-state index in [-0.39, 0.29) is 25.0 Å². The van der Waals surface area contributed by atoms with E-state index >= 15 is 0 Å². The Morgan fingerprint density at radius 2 is 1.83 bits per heavy atom. The van der Waals surface area contributed by atoms with E-state index in [1.54, 1.807) is 25.1 Å². The van der Waals surface area contributed by atoms with Crippen molar-refractivity contribution >= 4 is 46.6 Å². The summed E-state index contributed by atoms with van der Waals surface area (Å²) in [7, 11) is 0. The Hall–Kier alpha value is -1.95. The minimum atomic E-state index is -0.699. The van der Waals surface area contributed by atoms with Gasteiger partial charge in [0.15, 0.2) is 6.61 Å². The number of ether oxygens (including phenoxy) is 1. The second-order valence-corrected chi connectivity index (χ2v) is 8.05. The largest absolute Gasteiger partial charge is 0.482 e. The van der Waals surface area contributed by atoms with Gasteiger partial charge in [-0.15, -0.1) is 0 Å². The van der Waals surface area contributed by atoms with Gasteiger partial charge in [-0.25, -0.2) is 0 Å². The summed E-state index contributed by atoms with van der Waals surface area (Å²) in [6.07, 6.45) is 1.84. The summed E-state index contributed by atoms with van der Waals surface area (Å²) in [5.41, 5.74) is 0.741. The quantitative estimate of drug-likeness (QED) is 0.475. The molecule has 5 nitrogen and oxygen atoms in total. The normalized spacial score (nSPS) is 11.6. The number of halogens is 3. The summed E-state index contributed by atoms with van der Waals surface area (Å²) < 4.78 is 5.58. The Kier molecular flexibility index (Phi) is 9.76. The summed E-state index contributed by atoms with van der Waals surface area (Å²) in [5.74, 6) is -0.250. The molecule has 2 aromatic rings. The molecule has 1 N–H and O–H groups in total. The first-order valence-electron chi connectivity index (χ1n) is 9.72. The van der Waals surface area contributed by atoms with Crippen molar-refractivity contribution in [3.63, 3.8) is 0 Å². The SMILES string of the molecule is CCCCNC(=O)[C@H](C)N(Cc1ccccc1Cl)C(=O)COc1ccc(Cl)cc1Cl. The highest BCUT2D eigenvalue weighted by Crippen LogP contribution is 2.27. The van der Waals surface area contributed by atoms with E-state index in [0.29, 0.717) is 27.4 Å². The summed E-state index contributed by atoms with van der Waals surface area (Å²) in [6, 6.07) is 11.3. The molecule has 0 aromatic heterocycles. The fraction of sp³-hybridized carbons (Fsp3) is 0.364. The third-order valence-corrected chi connectivity index (χ3v) is 5.44. The monoisotopic (exact) mass is 470 g/mol. The maximum atomic E-state index is 13.0. The van der Waals surface area contributed by atoms with Gasteiger partial charge in [-0.1, -0.05) is 66.3 Å². The summed E-state index contributed by atoms with van der Waals surface area (Å²) >= 11 is 18.3. The van der Waals surface area contributed by atoms with Crippen molar-refractivity contribution in [1.29, 1.82) is 0 Å². The number of nitrogens with zero attached hydrogens (tertiary/aromatic N) is 1. The average molecular weight is 472 g/mol. The van der Waals surface area contributed by atoms with Crippen LogP contribution in [-0.4, -0.2) is 35.9 Å². The molecule has 0 aliphatic heterocycles. The highest BCUT2D eigenvalue weighted by Gasteiger charge is 2.27. The van der Waals surface area contributed by atoms with Crippen LogP contribution < -0.4 is 10.1 Å². The van der Waals surface area contributed by atoms with Crippen LogP contribution in [0, 0.1) is 0 Å². The van der Waals surface area contributed by atoms with Gasteiger partial charge >= 0.3 is 0 Å². The fourth-order valence-electron chi connectivity index (χ4n) is 2.74. The van der Waals surface area contributed by atoms with Crippen molar-refractivity contribution in [2.45, 2.75) is 39.3 Å². The molecule has 0 unspecified atom stereocenters. The molecule has 8 heteroatoms. The molecule has 0 spiro atoms. The minimum absolute atomic E-state index is 0.179. The molecule has 0 heterocycles. The zero-order chi connectivity index (χ0) is 22.1. The Morgan fingerprint density at radius 3 is 2.50 bits per heavy atom. The van der Waals surface area contributed by atoms with Gasteiger partial charge in [0, 0.05) is 23.1 Å². The molecule has 0 fully saturated rings. The van der Waals surface area contributed by atoms with Crippen LogP contribution in [0.5, 0.6) is 5.75 Å². The van der Waals surface area contributed by atoms with Crippen LogP contribution in [0.2, 0.25) is 15.1 Å². The fourth-order valence-corrected chi connectivity index (χ4v) is 3.40. The van der Waals surface area contributed by atoms with Crippen molar-refractivity contribution in [3.05, 3.63) is 63.1 Å². The van der Waals surface area contributed by atoms with Crippen LogP contribution in [0.1, 0.15) is 32.3 Å². The third-order valence-electron chi connectivity index (χ3n) is 4.54. The van der Waals surface area contributed by atoms with Crippen molar-refractivity contribution < 1.29 is 14.3 Å². The Balaban J connectivity index is 2.15. The van der Waals surface area contributed by atoms with Gasteiger partial charge in [0.25, 0.3) is 5.91 Å². The van der Waals surface area contributed by atoms with E-state index in [0.717, 1.165) is 18.4 Å². The highest BCUT2D eigenvalue weighted by atomic mass is 35.5. The molecule has 0 radical (unpaired) electrons. The number of hydrogen-bond acceptors (Lipinski definition) is 3. The van der Waals surface area contributed by atoms with E-state index < -0.39 is 6.04 Å². The van der Waals surface area contributed by atoms with Crippen molar-refractivity contribution in [2.75, 3.05) is 13.2 Å². The van der Waals surface area contributed by atoms with Crippen LogP contribution >= 0.6 is 34.8 Å². The smallest absolute Gasteiger partial charge is 0.261 e. The van der Waals surface area contributed by atoms with Crippen LogP contribution in [0.15, 0.2) is 42.5 Å². The highest BCUT2D eigenvalue weighted by molar-refractivity contribution is 6.35. The Bertz CT molecular complexity index is 876. The molecule has 30 heavy (non-hydrogen) atoms. The zero-order valence-corrected chi connectivity index (χ0v) is 19.2. The van der Waals surface area contributed by atoms with Gasteiger partial charge in [-0.2, -0.15) is 0 Å². The number of carbonyl (C=O) groups is 2. The van der Waals surface area contributed by atoms with Gasteiger partial charge in [0.05, 0.1) is 5.02 Å². The number of rotatable bonds is 10. The predicted octanol–water partition coefficient (Wildman–Crippen LogP) is 5.36. The van der Waals surface area contributed by atoms with Gasteiger partial charge in [-0.05, 0) is 43.2 Å². The molecule has 1 atom stereocenters. The minimum Gasteiger partial charge on any atom is -0.482 e. The number of benzene rings is 2. The van der Waals surface area contributed by atoms with Crippen LogP contribution in [0.4, 0.5) is 0 Å². The molecule has 162 valence electrons. The second kappa shape index (κ2) is 12.0. The van der Waals surface area contributed by atoms with Crippen molar-refractivity contribution in [1.82, 2.24) is 10.2 Å². The Labute approximate surface area is 192 Å². The molecule has 0 aliphatic rings. The van der Waals surface area contributed by atoms with E-state index in [4.69, 9.17) is 39.5 Å². The first kappa shape index (κ1) is 24.3. The molecule has 0 aliphatic carbocycles. The number of unbranched alkanes of at least 4 members (excludes halogenated alkanes) is 1. The zero-order valence-electron chi connectivity index (χ0n) is 17.0. The summed E-state index contributed by atoms with van der Waals surface area (Å²) in [5, 5.41) is 4.16. The molecule has 0 saturated carbocycles. The van der Waals surface area contributed by atoms with E-state index in [1.165, 1.54) is 11.0 Å². The molecule has 2 amide bonds. The molecule has 0 bridgehead atoms. The molecular formula is C22H25Cl3N2O3. The van der Waals surface area contributed by atoms with Crippen molar-refractivity contribution in [3.8, 4) is 5.75 Å². The van der Waals surface area contributed by atoms with E-state index in [2.05, 4.69) is 5.32 Å². The maximum absolute atomic E-state index is 13.0. The van der Waals surface area contributed by atoms with Gasteiger partial charge < -0.3 is 15.0 Å². The van der Waals surface area contributed by atoms with Gasteiger partial charge in [0.1, 0.15) is 11.8 Å². The number of amides is 2. The van der Waals surface area contributed by atoms with E-state index in [9.17, 15) is 9.59 Å². The molecular weight excluding hydrogens is 447 g/mol. The van der Waals surface area contributed by atoms with Gasteiger partial charge in [-0.3, -0.25) is 9.59 Å². The lowest BCUT2D eigenvalue weighted by atomic mass is 10.1. The van der Waals surface area contributed by atoms with Crippen molar-refractivity contribution in [2.24, 2.45) is 0 Å². The lowest BCUT2D eigenvalue weighted by Gasteiger charge is -2.29. The van der Waals surface area contributed by atoms with Crippen LogP contribution in [0.25, 0.3) is 0 Å². The molecule has 2 aromatic carbocycles. The first-order chi connectivity index (χ1) is 14.3. The lowest BCUT2D eigenvalue weighted by molar-refractivity contribution is -0.142. The van der Waals surface area contributed by atoms with E-state index in [1.807, 2.05) is 25.1 Å². The second-order valence-electron chi connectivity index (χ2n) is 6.80. The topological polar surface area (TPSA) is 58.6 Å². The first-order valence-corrected chi connectivity index (χ1v) is 10.8. The lowest BCUT2D eigenvalue weighted by Crippen LogP contribution is -2.49.